The van der Waals surface area contributed by atoms with E-state index in [1.165, 1.54) is 23.1 Å². The fourth-order valence-corrected chi connectivity index (χ4v) is 5.78. The van der Waals surface area contributed by atoms with Gasteiger partial charge in [0.25, 0.3) is 0 Å². The number of hydrogen-bond donors (Lipinski definition) is 4. The maximum absolute atomic E-state index is 13.4. The molecule has 12 nitrogen and oxygen atoms in total. The molecular formula is C26H34N6O6S. The lowest BCUT2D eigenvalue weighted by Crippen LogP contribution is -2.54. The molecule has 1 saturated heterocycles. The number of hydrogen-bond acceptors (Lipinski definition) is 6. The first kappa shape index (κ1) is 29.6. The molecule has 0 unspecified atom stereocenters. The van der Waals surface area contributed by atoms with Gasteiger partial charge in [-0.05, 0) is 35.7 Å². The van der Waals surface area contributed by atoms with Crippen LogP contribution in [0.2, 0.25) is 0 Å². The second-order valence-electron chi connectivity index (χ2n) is 9.42. The van der Waals surface area contributed by atoms with Crippen molar-refractivity contribution in [2.75, 3.05) is 33.2 Å². The molecule has 1 aliphatic heterocycles. The SMILES string of the molecule is C=CCN(CC(=O)O)C(=O)[C@H](CC(=O)N(C)[C@H]1CCCN(C(=N)N)C1)NS(=O)(=O)c1ccc2ccccc2c1. The Labute approximate surface area is 227 Å². The zero-order valence-corrected chi connectivity index (χ0v) is 22.6. The Morgan fingerprint density at radius 2 is 1.95 bits per heavy atom. The minimum atomic E-state index is -4.28. The standard InChI is InChI=1S/C26H34N6O6S/c1-3-12-31(17-24(34)35)25(36)22(15-23(33)30(2)20-9-6-13-32(16-20)26(27)28)29-39(37,38)21-11-10-18-7-4-5-8-19(18)14-21/h3-5,7-8,10-11,14,20,22,29H,1,6,9,12-13,15-17H2,2H3,(H3,27,28)(H,34,35)/t20-,22-/m0/s1. The molecule has 0 saturated carbocycles. The smallest absolute Gasteiger partial charge is 0.323 e. The van der Waals surface area contributed by atoms with E-state index in [1.54, 1.807) is 30.1 Å². The van der Waals surface area contributed by atoms with Crippen molar-refractivity contribution in [1.82, 2.24) is 19.4 Å². The van der Waals surface area contributed by atoms with Crippen LogP contribution in [0.25, 0.3) is 10.8 Å². The van der Waals surface area contributed by atoms with Crippen molar-refractivity contribution in [3.63, 3.8) is 0 Å². The van der Waals surface area contributed by atoms with Crippen LogP contribution >= 0.6 is 0 Å². The molecular weight excluding hydrogens is 524 g/mol. The summed E-state index contributed by atoms with van der Waals surface area (Å²) in [7, 11) is -2.73. The van der Waals surface area contributed by atoms with E-state index in [4.69, 9.17) is 11.1 Å². The monoisotopic (exact) mass is 558 g/mol. The molecule has 0 spiro atoms. The summed E-state index contributed by atoms with van der Waals surface area (Å²) in [6.45, 7) is 3.61. The summed E-state index contributed by atoms with van der Waals surface area (Å²) in [5.41, 5.74) is 5.61. The molecule has 5 N–H and O–H groups in total. The number of nitrogens with two attached hydrogens (primary N) is 1. The van der Waals surface area contributed by atoms with E-state index in [0.717, 1.165) is 10.3 Å². The van der Waals surface area contributed by atoms with Crippen molar-refractivity contribution in [3.05, 3.63) is 55.1 Å². The van der Waals surface area contributed by atoms with E-state index in [2.05, 4.69) is 11.3 Å². The second kappa shape index (κ2) is 12.7. The molecule has 2 atom stereocenters. The van der Waals surface area contributed by atoms with Crippen molar-refractivity contribution >= 4 is 44.5 Å². The van der Waals surface area contributed by atoms with Gasteiger partial charge in [0.1, 0.15) is 12.6 Å². The van der Waals surface area contributed by atoms with Gasteiger partial charge < -0.3 is 25.5 Å². The van der Waals surface area contributed by atoms with Gasteiger partial charge in [0.05, 0.1) is 11.3 Å². The van der Waals surface area contributed by atoms with E-state index in [9.17, 15) is 27.9 Å². The molecule has 1 fully saturated rings. The van der Waals surface area contributed by atoms with E-state index in [1.807, 2.05) is 12.1 Å². The Balaban J connectivity index is 1.89. The molecule has 1 aliphatic rings. The highest BCUT2D eigenvalue weighted by Gasteiger charge is 2.34. The van der Waals surface area contributed by atoms with Crippen LogP contribution in [0.1, 0.15) is 19.3 Å². The Bertz CT molecular complexity index is 1360. The van der Waals surface area contributed by atoms with E-state index >= 15 is 0 Å². The zero-order chi connectivity index (χ0) is 28.7. The summed E-state index contributed by atoms with van der Waals surface area (Å²) in [6.07, 6.45) is 2.13. The Hall–Kier alpha value is -3.97. The van der Waals surface area contributed by atoms with Gasteiger partial charge in [0.15, 0.2) is 5.96 Å². The average Bonchev–Trinajstić information content (AvgIpc) is 2.91. The second-order valence-corrected chi connectivity index (χ2v) is 11.1. The number of sulfonamides is 1. The van der Waals surface area contributed by atoms with Crippen LogP contribution in [-0.4, -0.2) is 97.3 Å². The fraction of sp³-hybridized carbons (Fsp3) is 0.385. The number of nitrogens with zero attached hydrogens (tertiary/aromatic N) is 3. The number of carbonyl (C=O) groups is 3. The zero-order valence-electron chi connectivity index (χ0n) is 21.7. The highest BCUT2D eigenvalue weighted by molar-refractivity contribution is 7.89. The molecule has 2 amide bonds. The third kappa shape index (κ3) is 7.54. The van der Waals surface area contributed by atoms with Gasteiger partial charge in [-0.25, -0.2) is 8.42 Å². The normalized spacial score (nSPS) is 16.3. The Morgan fingerprint density at radius 1 is 1.26 bits per heavy atom. The van der Waals surface area contributed by atoms with Gasteiger partial charge in [0, 0.05) is 32.7 Å². The number of piperidine rings is 1. The van der Waals surface area contributed by atoms with E-state index < -0.39 is 46.8 Å². The predicted molar refractivity (Wildman–Crippen MR) is 146 cm³/mol. The van der Waals surface area contributed by atoms with Crippen molar-refractivity contribution in [2.45, 2.75) is 36.2 Å². The van der Waals surface area contributed by atoms with Gasteiger partial charge >= 0.3 is 5.97 Å². The number of aliphatic carboxylic acids is 1. The minimum absolute atomic E-state index is 0.0994. The first-order valence-electron chi connectivity index (χ1n) is 12.4. The van der Waals surface area contributed by atoms with Crippen LogP contribution in [-0.2, 0) is 24.4 Å². The number of benzene rings is 2. The summed E-state index contributed by atoms with van der Waals surface area (Å²) in [5, 5.41) is 18.5. The number of rotatable bonds is 11. The van der Waals surface area contributed by atoms with Crippen LogP contribution in [0.4, 0.5) is 0 Å². The topological polar surface area (TPSA) is 177 Å². The van der Waals surface area contributed by atoms with Gasteiger partial charge in [-0.1, -0.05) is 36.4 Å². The molecule has 1 heterocycles. The van der Waals surface area contributed by atoms with Gasteiger partial charge in [-0.2, -0.15) is 4.72 Å². The number of fused-ring (bicyclic) bond motifs is 1. The fourth-order valence-electron chi connectivity index (χ4n) is 4.55. The van der Waals surface area contributed by atoms with Crippen LogP contribution in [0.5, 0.6) is 0 Å². The number of amides is 2. The van der Waals surface area contributed by atoms with Crippen LogP contribution < -0.4 is 10.5 Å². The quantitative estimate of drug-likeness (QED) is 0.178. The molecule has 0 aromatic heterocycles. The van der Waals surface area contributed by atoms with Gasteiger partial charge in [0.2, 0.25) is 21.8 Å². The van der Waals surface area contributed by atoms with Crippen molar-refractivity contribution in [1.29, 1.82) is 5.41 Å². The van der Waals surface area contributed by atoms with Crippen LogP contribution in [0, 0.1) is 5.41 Å². The van der Waals surface area contributed by atoms with E-state index in [-0.39, 0.29) is 23.4 Å². The Kier molecular flexibility index (Phi) is 9.65. The molecule has 13 heteroatoms. The number of likely N-dealkylation sites (tertiary alicyclic amines) is 1. The average molecular weight is 559 g/mol. The largest absolute Gasteiger partial charge is 0.480 e. The molecule has 210 valence electrons. The highest BCUT2D eigenvalue weighted by atomic mass is 32.2. The maximum atomic E-state index is 13.4. The summed E-state index contributed by atoms with van der Waals surface area (Å²) in [6, 6.07) is 9.81. The molecule has 0 bridgehead atoms. The third-order valence-corrected chi connectivity index (χ3v) is 8.14. The highest BCUT2D eigenvalue weighted by Crippen LogP contribution is 2.21. The lowest BCUT2D eigenvalue weighted by atomic mass is 10.0. The van der Waals surface area contributed by atoms with Crippen LogP contribution in [0.3, 0.4) is 0 Å². The first-order chi connectivity index (χ1) is 18.4. The summed E-state index contributed by atoms with van der Waals surface area (Å²) < 4.78 is 29.1. The van der Waals surface area contributed by atoms with Gasteiger partial charge in [-0.15, -0.1) is 6.58 Å². The maximum Gasteiger partial charge on any atom is 0.323 e. The number of guanidine groups is 1. The molecule has 2 aromatic carbocycles. The minimum Gasteiger partial charge on any atom is -0.480 e. The Morgan fingerprint density at radius 3 is 2.59 bits per heavy atom. The lowest BCUT2D eigenvalue weighted by Gasteiger charge is -2.38. The molecule has 39 heavy (non-hydrogen) atoms. The predicted octanol–water partition coefficient (Wildman–Crippen LogP) is 0.792. The molecule has 0 radical (unpaired) electrons. The van der Waals surface area contributed by atoms with E-state index in [0.29, 0.717) is 31.3 Å². The molecule has 3 rings (SSSR count). The number of likely N-dealkylation sites (N-methyl/N-ethyl adjacent to an activating group) is 1. The van der Waals surface area contributed by atoms with Crippen LogP contribution in [0.15, 0.2) is 60.0 Å². The first-order valence-corrected chi connectivity index (χ1v) is 13.9. The lowest BCUT2D eigenvalue weighted by molar-refractivity contribution is -0.145. The number of carbonyl (C=O) groups excluding carboxylic acids is 2. The number of nitrogens with one attached hydrogen (secondary N) is 2. The van der Waals surface area contributed by atoms with Crippen molar-refractivity contribution < 1.29 is 27.9 Å². The van der Waals surface area contributed by atoms with Gasteiger partial charge in [-0.3, -0.25) is 19.8 Å². The summed E-state index contributed by atoms with van der Waals surface area (Å²) >= 11 is 0. The molecule has 0 aliphatic carbocycles. The summed E-state index contributed by atoms with van der Waals surface area (Å²) in [4.78, 5) is 42.0. The number of carboxylic acids is 1. The third-order valence-electron chi connectivity index (χ3n) is 6.67. The molecule has 2 aromatic rings. The number of carboxylic acid groups (broad SMARTS) is 1. The van der Waals surface area contributed by atoms with Crippen molar-refractivity contribution in [3.8, 4) is 0 Å². The summed E-state index contributed by atoms with van der Waals surface area (Å²) in [5.74, 6) is -2.78. The van der Waals surface area contributed by atoms with Crippen molar-refractivity contribution in [2.24, 2.45) is 5.73 Å².